The maximum atomic E-state index is 2.65. The van der Waals surface area contributed by atoms with Crippen LogP contribution in [0.1, 0.15) is 91.7 Å². The molecular formula is C134H87N3. The van der Waals surface area contributed by atoms with Crippen molar-refractivity contribution >= 4 is 72.7 Å². The Morgan fingerprint density at radius 3 is 0.613 bits per heavy atom. The predicted molar refractivity (Wildman–Crippen MR) is 568 cm³/mol. The molecule has 0 atom stereocenters. The number of anilines is 9. The maximum absolute atomic E-state index is 2.65. The highest BCUT2D eigenvalue weighted by Crippen LogP contribution is 2.69. The molecule has 0 aliphatic heterocycles. The molecule has 638 valence electrons. The minimum absolute atomic E-state index is 0.557. The Hall–Kier alpha value is -17.2. The summed E-state index contributed by atoms with van der Waals surface area (Å²) >= 11 is 0. The van der Waals surface area contributed by atoms with Crippen molar-refractivity contribution in [3.63, 3.8) is 0 Å². The van der Waals surface area contributed by atoms with Gasteiger partial charge in [-0.1, -0.05) is 408 Å². The molecule has 29 rings (SSSR count). The lowest BCUT2D eigenvalue weighted by molar-refractivity contribution is 0.661. The molecule has 0 unspecified atom stereocenters. The van der Waals surface area contributed by atoms with Gasteiger partial charge in [-0.3, -0.25) is 0 Å². The van der Waals surface area contributed by atoms with Crippen molar-refractivity contribution in [2.24, 2.45) is 0 Å². The first-order valence-corrected chi connectivity index (χ1v) is 48.1. The summed E-state index contributed by atoms with van der Waals surface area (Å²) in [5.74, 6) is 0. The maximum Gasteiger partial charge on any atom is 0.0726 e. The van der Waals surface area contributed by atoms with E-state index in [1.54, 1.807) is 0 Å². The van der Waals surface area contributed by atoms with Gasteiger partial charge in [0.05, 0.1) is 27.6 Å². The predicted octanol–water partition coefficient (Wildman–Crippen LogP) is 34.7. The molecule has 0 N–H and O–H groups in total. The summed E-state index contributed by atoms with van der Waals surface area (Å²) in [7, 11) is 0. The van der Waals surface area contributed by atoms with Crippen molar-refractivity contribution < 1.29 is 0 Å². The van der Waals surface area contributed by atoms with Gasteiger partial charge in [-0.25, -0.2) is 0 Å². The second-order valence-corrected chi connectivity index (χ2v) is 38.6. The molecule has 0 heterocycles. The third kappa shape index (κ3) is 10.6. The van der Waals surface area contributed by atoms with Crippen molar-refractivity contribution in [3.8, 4) is 111 Å². The molecule has 137 heavy (non-hydrogen) atoms. The smallest absolute Gasteiger partial charge is 0.0726 e. The first kappa shape index (κ1) is 77.4. The van der Waals surface area contributed by atoms with Crippen LogP contribution in [0.3, 0.4) is 0 Å². The van der Waals surface area contributed by atoms with Gasteiger partial charge in [0.2, 0.25) is 0 Å². The fourth-order valence-corrected chi connectivity index (χ4v) is 26.2. The number of hydrogen-bond acceptors (Lipinski definition) is 3. The molecule has 0 fully saturated rings. The van der Waals surface area contributed by atoms with Crippen molar-refractivity contribution in [2.75, 3.05) is 14.7 Å². The monoisotopic (exact) mass is 1740 g/mol. The van der Waals surface area contributed by atoms with Gasteiger partial charge in [-0.15, -0.1) is 0 Å². The normalized spacial score (nSPS) is 14.1. The van der Waals surface area contributed by atoms with Crippen LogP contribution < -0.4 is 14.7 Å². The molecule has 0 saturated heterocycles. The van der Waals surface area contributed by atoms with Crippen LogP contribution in [0.25, 0.3) is 133 Å². The largest absolute Gasteiger partial charge is 0.310 e. The summed E-state index contributed by atoms with van der Waals surface area (Å²) in [5, 5.41) is 4.46. The van der Waals surface area contributed by atoms with Crippen LogP contribution in [0.4, 0.5) is 51.2 Å². The van der Waals surface area contributed by atoms with Gasteiger partial charge in [-0.2, -0.15) is 0 Å². The average molecular weight is 1740 g/mol. The van der Waals surface area contributed by atoms with E-state index in [2.05, 4.69) is 520 Å². The zero-order chi connectivity index (χ0) is 90.1. The van der Waals surface area contributed by atoms with Crippen LogP contribution in [0.2, 0.25) is 0 Å². The third-order valence-electron chi connectivity index (χ3n) is 31.9. The van der Waals surface area contributed by atoms with Crippen LogP contribution in [0.15, 0.2) is 491 Å². The van der Waals surface area contributed by atoms with E-state index < -0.39 is 21.7 Å². The van der Waals surface area contributed by atoms with Crippen molar-refractivity contribution in [3.05, 3.63) is 569 Å². The minimum atomic E-state index is -0.625. The lowest BCUT2D eigenvalue weighted by Crippen LogP contribution is -2.26. The Kier molecular flexibility index (Phi) is 16.5. The summed E-state index contributed by atoms with van der Waals surface area (Å²) < 4.78 is 0. The molecular weight excluding hydrogens is 1650 g/mol. The lowest BCUT2D eigenvalue weighted by Gasteiger charge is -2.35. The molecule has 0 saturated carbocycles. The van der Waals surface area contributed by atoms with Crippen LogP contribution in [0, 0.1) is 0 Å². The first-order valence-electron chi connectivity index (χ1n) is 48.1. The van der Waals surface area contributed by atoms with Crippen LogP contribution in [0.5, 0.6) is 0 Å². The van der Waals surface area contributed by atoms with Crippen molar-refractivity contribution in [1.29, 1.82) is 0 Å². The summed E-state index contributed by atoms with van der Waals surface area (Å²) in [5.41, 5.74) is 50.0. The van der Waals surface area contributed by atoms with Crippen LogP contribution >= 0.6 is 0 Å². The summed E-state index contributed by atoms with van der Waals surface area (Å²) in [6, 6.07) is 188. The van der Waals surface area contributed by atoms with Gasteiger partial charge >= 0.3 is 0 Å². The Morgan fingerprint density at radius 2 is 0.328 bits per heavy atom. The molecule has 3 heteroatoms. The van der Waals surface area contributed by atoms with E-state index in [4.69, 9.17) is 0 Å². The van der Waals surface area contributed by atoms with E-state index >= 15 is 0 Å². The average Bonchev–Trinajstić information content (AvgIpc) is 1.52. The van der Waals surface area contributed by atoms with E-state index in [-0.39, 0.29) is 0 Å². The summed E-state index contributed by atoms with van der Waals surface area (Å²) in [6.45, 7) is 4.99. The Morgan fingerprint density at radius 1 is 0.131 bits per heavy atom. The topological polar surface area (TPSA) is 9.72 Å². The van der Waals surface area contributed by atoms with Crippen molar-refractivity contribution in [1.82, 2.24) is 0 Å². The summed E-state index contributed by atoms with van der Waals surface area (Å²) in [6.07, 6.45) is 0. The molecule has 22 aromatic carbocycles. The minimum Gasteiger partial charge on any atom is -0.310 e. The first-order chi connectivity index (χ1) is 67.7. The Bertz CT molecular complexity index is 8680. The number of nitrogens with zero attached hydrogens (tertiary/aromatic N) is 3. The van der Waals surface area contributed by atoms with E-state index in [0.717, 1.165) is 83.9 Å². The van der Waals surface area contributed by atoms with Crippen LogP contribution in [-0.2, 0) is 21.7 Å². The zero-order valence-corrected chi connectivity index (χ0v) is 75.6. The van der Waals surface area contributed by atoms with Gasteiger partial charge in [-0.05, 0) is 286 Å². The quantitative estimate of drug-likeness (QED) is 0.0892. The van der Waals surface area contributed by atoms with Gasteiger partial charge in [0, 0.05) is 66.8 Å². The molecule has 0 amide bonds. The van der Waals surface area contributed by atoms with Gasteiger partial charge in [0.25, 0.3) is 0 Å². The van der Waals surface area contributed by atoms with Gasteiger partial charge in [0.15, 0.2) is 0 Å². The van der Waals surface area contributed by atoms with Gasteiger partial charge < -0.3 is 14.7 Å². The number of fused-ring (bicyclic) bond motifs is 35. The molecule has 22 aromatic rings. The van der Waals surface area contributed by atoms with E-state index in [1.165, 1.54) is 178 Å². The van der Waals surface area contributed by atoms with E-state index in [0.29, 0.717) is 0 Å². The highest BCUT2D eigenvalue weighted by Gasteiger charge is 2.56. The van der Waals surface area contributed by atoms with E-state index in [9.17, 15) is 0 Å². The summed E-state index contributed by atoms with van der Waals surface area (Å²) in [4.78, 5) is 7.85. The second-order valence-electron chi connectivity index (χ2n) is 38.6. The molecule has 3 spiro atoms. The highest BCUT2D eigenvalue weighted by atomic mass is 15.2. The highest BCUT2D eigenvalue weighted by molar-refractivity contribution is 6.25. The molecule has 0 radical (unpaired) electrons. The zero-order valence-electron chi connectivity index (χ0n) is 75.6. The lowest BCUT2D eigenvalue weighted by atomic mass is 9.70. The molecule has 0 bridgehead atoms. The Balaban J connectivity index is 0.705. The fraction of sp³-hybridized carbons (Fsp3) is 0.0448. The number of rotatable bonds is 12. The fourth-order valence-electron chi connectivity index (χ4n) is 26.2. The van der Waals surface area contributed by atoms with Crippen LogP contribution in [-0.4, -0.2) is 0 Å². The van der Waals surface area contributed by atoms with E-state index in [1.807, 2.05) is 0 Å². The molecule has 7 aliphatic carbocycles. The number of hydrogen-bond donors (Lipinski definition) is 0. The SMILES string of the molecule is CC1(C)c2cc(N(c3ccc(-c4ccccc4)cc3)c3ccc4c(c3)C3(c5ccccc5-c5ccccc53)c3ccccc3-4)ccc2-c2cc3c(N(c4ccc(-c5ccccc5)cc4)c4ccc5c(c4)C4(c6ccccc6-c6ccccc64)c4ccccc4-5)c4ccccc4c(N(c4ccc(-c5ccccc5)cc4)c4ccc5c(c4)C4(c6ccccc6-c6ccccc64)c4ccccc4-5)c3cc21. The standard InChI is InChI=1S/C134H87N3/c1-131(2)124-78-93(135(90-64-58-87(59-65-90)84-32-6-3-7-33-84)94-70-74-106-103-44-20-29-55-121(103)132(126(106)79-94)115-49-23-14-38-97(115)98-39-15-24-50-116(98)132)71-77-109(124)112-82-113-114(83-125(112)131)130(137(92-68-62-89(63-69-92)86-36-10-5-11-37-86)96-73-76-108-105-46-22-31-57-123(105)134(128(108)81-96)119-53-27-18-42-101(119)102-43-19-28-54-120(102)134)111-48-13-12-47-110(111)129(113)136(91-66-60-88(61-67-91)85-34-8-4-9-35-85)95-72-75-107-104-45-21-30-56-122(104)133(127(107)80-95)117-51-25-16-40-99(117)100-41-17-26-52-118(100)133/h3-83H,1-2H3. The molecule has 3 nitrogen and oxygen atoms in total. The number of benzene rings is 22. The Labute approximate surface area is 797 Å². The molecule has 0 aromatic heterocycles. The van der Waals surface area contributed by atoms with Crippen molar-refractivity contribution in [2.45, 2.75) is 35.5 Å². The molecule has 7 aliphatic rings. The van der Waals surface area contributed by atoms with Gasteiger partial charge in [0.1, 0.15) is 0 Å². The second kappa shape index (κ2) is 29.1. The third-order valence-corrected chi connectivity index (χ3v) is 31.9.